The van der Waals surface area contributed by atoms with Crippen LogP contribution in [0.4, 0.5) is 6.01 Å². The zero-order valence-corrected chi connectivity index (χ0v) is 11.8. The number of nitrogen functional groups attached to an aromatic ring is 1. The van der Waals surface area contributed by atoms with Crippen LogP contribution in [-0.2, 0) is 13.0 Å². The maximum atomic E-state index is 12.3. The van der Waals surface area contributed by atoms with E-state index in [0.717, 1.165) is 14.4 Å². The molecule has 0 saturated carbocycles. The molecule has 5 nitrogen and oxygen atoms in total. The lowest BCUT2D eigenvalue weighted by atomic mass is 10.1. The number of hydrogen-bond donors (Lipinski definition) is 1. The molecule has 0 aromatic carbocycles. The number of rotatable bonds is 1. The number of fused-ring (bicyclic) bond motifs is 1. The van der Waals surface area contributed by atoms with E-state index in [4.69, 9.17) is 10.2 Å². The summed E-state index contributed by atoms with van der Waals surface area (Å²) in [7, 11) is 0. The highest BCUT2D eigenvalue weighted by molar-refractivity contribution is 9.11. The van der Waals surface area contributed by atoms with Crippen LogP contribution in [0.25, 0.3) is 0 Å². The third-order valence-electron chi connectivity index (χ3n) is 2.82. The highest BCUT2D eigenvalue weighted by Gasteiger charge is 2.26. The van der Waals surface area contributed by atoms with Crippen LogP contribution in [0.15, 0.2) is 20.3 Å². The number of halogens is 1. The Kier molecular flexibility index (Phi) is 2.87. The zero-order valence-electron chi connectivity index (χ0n) is 9.35. The van der Waals surface area contributed by atoms with Crippen molar-refractivity contribution >= 4 is 39.2 Å². The minimum Gasteiger partial charge on any atom is -0.427 e. The summed E-state index contributed by atoms with van der Waals surface area (Å²) in [6.45, 7) is 1.08. The summed E-state index contributed by atoms with van der Waals surface area (Å²) in [6.07, 6.45) is 0.689. The highest BCUT2D eigenvalue weighted by Crippen LogP contribution is 2.26. The maximum Gasteiger partial charge on any atom is 0.292 e. The number of aromatic nitrogens is 1. The van der Waals surface area contributed by atoms with E-state index in [2.05, 4.69) is 20.9 Å². The normalized spacial score (nSPS) is 14.6. The van der Waals surface area contributed by atoms with E-state index in [0.29, 0.717) is 25.3 Å². The third-order valence-corrected chi connectivity index (χ3v) is 4.43. The van der Waals surface area contributed by atoms with Gasteiger partial charge in [0.05, 0.1) is 20.9 Å². The number of nitrogens with two attached hydrogens (primary N) is 1. The number of thiophene rings is 1. The van der Waals surface area contributed by atoms with Crippen molar-refractivity contribution in [2.75, 3.05) is 12.3 Å². The molecule has 2 aromatic rings. The maximum absolute atomic E-state index is 12.3. The van der Waals surface area contributed by atoms with Crippen LogP contribution in [0.3, 0.4) is 0 Å². The van der Waals surface area contributed by atoms with Crippen LogP contribution in [-0.4, -0.2) is 22.3 Å². The van der Waals surface area contributed by atoms with E-state index in [1.54, 1.807) is 4.90 Å². The average Bonchev–Trinajstić information content (AvgIpc) is 2.92. The molecule has 1 aliphatic heterocycles. The molecule has 0 radical (unpaired) electrons. The van der Waals surface area contributed by atoms with Crippen molar-refractivity contribution in [1.29, 1.82) is 0 Å². The molecule has 7 heteroatoms. The second-order valence-corrected chi connectivity index (χ2v) is 6.47. The molecule has 1 amide bonds. The van der Waals surface area contributed by atoms with E-state index in [1.807, 2.05) is 12.1 Å². The standard InChI is InChI=1S/C11H10BrN3O2S/c12-9-2-1-8(18-9)10(16)15-4-3-6-7(5-15)17-11(13)14-6/h1-2H,3-5H2,(H2,13,14). The lowest BCUT2D eigenvalue weighted by molar-refractivity contribution is 0.0725. The molecule has 0 fully saturated rings. The fourth-order valence-corrected chi connectivity index (χ4v) is 3.33. The molecule has 2 N–H and O–H groups in total. The Morgan fingerprint density at radius 1 is 1.56 bits per heavy atom. The highest BCUT2D eigenvalue weighted by atomic mass is 79.9. The molecule has 0 unspecified atom stereocenters. The van der Waals surface area contributed by atoms with Crippen molar-refractivity contribution in [3.63, 3.8) is 0 Å². The van der Waals surface area contributed by atoms with Gasteiger partial charge in [-0.25, -0.2) is 0 Å². The smallest absolute Gasteiger partial charge is 0.292 e. The van der Waals surface area contributed by atoms with Gasteiger partial charge in [-0.3, -0.25) is 4.79 Å². The molecule has 0 aliphatic carbocycles. The lowest BCUT2D eigenvalue weighted by Gasteiger charge is -2.24. The average molecular weight is 328 g/mol. The number of carbonyl (C=O) groups is 1. The second-order valence-electron chi connectivity index (χ2n) is 4.00. The Morgan fingerprint density at radius 2 is 2.39 bits per heavy atom. The molecule has 0 spiro atoms. The molecule has 0 atom stereocenters. The molecular weight excluding hydrogens is 318 g/mol. The first-order valence-corrected chi connectivity index (χ1v) is 7.03. The van der Waals surface area contributed by atoms with Gasteiger partial charge in [-0.2, -0.15) is 4.98 Å². The summed E-state index contributed by atoms with van der Waals surface area (Å²) in [5, 5.41) is 0. The molecule has 18 heavy (non-hydrogen) atoms. The van der Waals surface area contributed by atoms with E-state index in [9.17, 15) is 4.79 Å². The van der Waals surface area contributed by atoms with Crippen LogP contribution in [0.1, 0.15) is 21.1 Å². The summed E-state index contributed by atoms with van der Waals surface area (Å²) < 4.78 is 6.25. The van der Waals surface area contributed by atoms with Crippen molar-refractivity contribution in [3.05, 3.63) is 32.3 Å². The van der Waals surface area contributed by atoms with Gasteiger partial charge in [-0.05, 0) is 28.1 Å². The monoisotopic (exact) mass is 327 g/mol. The molecule has 2 aromatic heterocycles. The Bertz CT molecular complexity index is 607. The van der Waals surface area contributed by atoms with Gasteiger partial charge in [-0.15, -0.1) is 11.3 Å². The molecule has 94 valence electrons. The Morgan fingerprint density at radius 3 is 3.11 bits per heavy atom. The number of nitrogens with zero attached hydrogens (tertiary/aromatic N) is 2. The molecule has 0 saturated heterocycles. The first-order chi connectivity index (χ1) is 8.63. The number of amides is 1. The fraction of sp³-hybridized carbons (Fsp3) is 0.273. The molecule has 3 rings (SSSR count). The number of carbonyl (C=O) groups excluding carboxylic acids is 1. The van der Waals surface area contributed by atoms with Crippen LogP contribution >= 0.6 is 27.3 Å². The van der Waals surface area contributed by atoms with Crippen molar-refractivity contribution in [2.45, 2.75) is 13.0 Å². The van der Waals surface area contributed by atoms with Crippen molar-refractivity contribution in [3.8, 4) is 0 Å². The number of oxazole rings is 1. The molecule has 3 heterocycles. The van der Waals surface area contributed by atoms with Crippen LogP contribution in [0.2, 0.25) is 0 Å². The third kappa shape index (κ3) is 2.04. The van der Waals surface area contributed by atoms with E-state index >= 15 is 0 Å². The van der Waals surface area contributed by atoms with Crippen molar-refractivity contribution in [2.24, 2.45) is 0 Å². The predicted molar refractivity (Wildman–Crippen MR) is 71.4 cm³/mol. The van der Waals surface area contributed by atoms with E-state index < -0.39 is 0 Å². The molecular formula is C11H10BrN3O2S. The van der Waals surface area contributed by atoms with Crippen LogP contribution in [0, 0.1) is 0 Å². The fourth-order valence-electron chi connectivity index (χ4n) is 1.97. The zero-order chi connectivity index (χ0) is 12.7. The molecule has 0 bridgehead atoms. The summed E-state index contributed by atoms with van der Waals surface area (Å²) in [5.41, 5.74) is 6.37. The largest absolute Gasteiger partial charge is 0.427 e. The van der Waals surface area contributed by atoms with Gasteiger partial charge in [0, 0.05) is 13.0 Å². The molecule has 1 aliphatic rings. The quantitative estimate of drug-likeness (QED) is 0.872. The number of anilines is 1. The predicted octanol–water partition coefficient (Wildman–Crippen LogP) is 2.28. The van der Waals surface area contributed by atoms with Crippen LogP contribution < -0.4 is 5.73 Å². The minimum absolute atomic E-state index is 0.0197. The number of hydrogen-bond acceptors (Lipinski definition) is 5. The Balaban J connectivity index is 1.81. The second kappa shape index (κ2) is 4.40. The lowest BCUT2D eigenvalue weighted by Crippen LogP contribution is -2.35. The van der Waals surface area contributed by atoms with Crippen molar-refractivity contribution in [1.82, 2.24) is 9.88 Å². The summed E-state index contributed by atoms with van der Waals surface area (Å²) in [4.78, 5) is 18.8. The van der Waals surface area contributed by atoms with Gasteiger partial charge in [-0.1, -0.05) is 0 Å². The van der Waals surface area contributed by atoms with Gasteiger partial charge in [0.15, 0.2) is 0 Å². The van der Waals surface area contributed by atoms with Crippen LogP contribution in [0.5, 0.6) is 0 Å². The summed E-state index contributed by atoms with van der Waals surface area (Å²) >= 11 is 4.79. The van der Waals surface area contributed by atoms with E-state index in [-0.39, 0.29) is 11.9 Å². The first-order valence-electron chi connectivity index (χ1n) is 5.42. The SMILES string of the molecule is Nc1nc2c(o1)CN(C(=O)c1ccc(Br)s1)CC2. The van der Waals surface area contributed by atoms with Gasteiger partial charge in [0.1, 0.15) is 5.76 Å². The first kappa shape index (κ1) is 11.7. The Hall–Kier alpha value is -1.34. The van der Waals surface area contributed by atoms with Gasteiger partial charge < -0.3 is 15.1 Å². The van der Waals surface area contributed by atoms with Crippen molar-refractivity contribution < 1.29 is 9.21 Å². The van der Waals surface area contributed by atoms with E-state index in [1.165, 1.54) is 11.3 Å². The topological polar surface area (TPSA) is 72.4 Å². The minimum atomic E-state index is 0.0197. The summed E-state index contributed by atoms with van der Waals surface area (Å²) in [5.74, 6) is 0.717. The Labute approximate surface area is 116 Å². The van der Waals surface area contributed by atoms with Gasteiger partial charge in [0.2, 0.25) is 0 Å². The van der Waals surface area contributed by atoms with Gasteiger partial charge in [0.25, 0.3) is 11.9 Å². The summed E-state index contributed by atoms with van der Waals surface area (Å²) in [6, 6.07) is 3.87. The van der Waals surface area contributed by atoms with Gasteiger partial charge >= 0.3 is 0 Å².